The second-order valence-corrected chi connectivity index (χ2v) is 36.3. The van der Waals surface area contributed by atoms with Crippen molar-refractivity contribution in [2.75, 3.05) is 0 Å². The Kier molecular flexibility index (Phi) is 26.0. The van der Waals surface area contributed by atoms with Crippen LogP contribution in [0.3, 0.4) is 0 Å². The maximum Gasteiger partial charge on any atom is 0.312 e. The van der Waals surface area contributed by atoms with E-state index in [9.17, 15) is 0 Å². The molecule has 0 fully saturated rings. The SMILES string of the molecule is CCC(C)(CC(C)(CC(C)(CC(C)(CC(C)(CC(C)(C)C(=O)OC(C)(CC)C(C)(C)C)C(=O)OC(C)(CC)C(C)(C)C)C(=O)OC(C)(CC)C(C)(C)C)C(=O)OC(C)(CC)C(C)(C)C)C(=O)OC(C)(CC)C(C)(C)C)C(=O)OC(C)(CC)C(C)(C)C. The van der Waals surface area contributed by atoms with Gasteiger partial charge < -0.3 is 28.4 Å². The molecule has 86 heavy (non-hydrogen) atoms. The highest BCUT2D eigenvalue weighted by molar-refractivity contribution is 5.86. The normalized spacial score (nSPS) is 21.1. The van der Waals surface area contributed by atoms with E-state index in [1.807, 2.05) is 222 Å². The Hall–Kier alpha value is -3.18. The van der Waals surface area contributed by atoms with Crippen LogP contribution in [-0.2, 0) is 57.2 Å². The molecule has 0 saturated heterocycles. The van der Waals surface area contributed by atoms with Crippen molar-refractivity contribution >= 4 is 35.8 Å². The van der Waals surface area contributed by atoms with Crippen LogP contribution in [0, 0.1) is 65.0 Å². The van der Waals surface area contributed by atoms with E-state index in [0.717, 1.165) is 0 Å². The zero-order valence-electron chi connectivity index (χ0n) is 63.4. The van der Waals surface area contributed by atoms with Crippen molar-refractivity contribution < 1.29 is 57.2 Å². The summed E-state index contributed by atoms with van der Waals surface area (Å²) in [5, 5.41) is 0. The lowest BCUT2D eigenvalue weighted by molar-refractivity contribution is -0.202. The van der Waals surface area contributed by atoms with Gasteiger partial charge in [-0.25, -0.2) is 0 Å². The van der Waals surface area contributed by atoms with E-state index in [2.05, 4.69) is 0 Å². The topological polar surface area (TPSA) is 158 Å². The third kappa shape index (κ3) is 18.3. The van der Waals surface area contributed by atoms with E-state index in [1.54, 1.807) is 41.5 Å². The highest BCUT2D eigenvalue weighted by atomic mass is 16.6. The summed E-state index contributed by atoms with van der Waals surface area (Å²) in [4.78, 5) is 95.1. The molecule has 12 heteroatoms. The molecule has 0 aliphatic rings. The fraction of sp³-hybridized carbons (Fsp3) is 0.919. The molecule has 0 bridgehead atoms. The first-order valence-electron chi connectivity index (χ1n) is 33.1. The van der Waals surface area contributed by atoms with Crippen molar-refractivity contribution in [1.82, 2.24) is 0 Å². The van der Waals surface area contributed by atoms with Gasteiger partial charge in [0.25, 0.3) is 0 Å². The Morgan fingerprint density at radius 1 is 0.198 bits per heavy atom. The Morgan fingerprint density at radius 2 is 0.337 bits per heavy atom. The molecule has 0 rings (SSSR count). The average Bonchev–Trinajstić information content (AvgIpc) is 2.70. The molecule has 11 atom stereocenters. The van der Waals surface area contributed by atoms with Gasteiger partial charge in [-0.3, -0.25) is 28.8 Å². The van der Waals surface area contributed by atoms with Crippen LogP contribution in [0.1, 0.15) is 340 Å². The summed E-state index contributed by atoms with van der Waals surface area (Å²) in [6.07, 6.45) is 1.98. The van der Waals surface area contributed by atoms with E-state index in [0.29, 0.717) is 38.5 Å². The Labute approximate surface area is 529 Å². The van der Waals surface area contributed by atoms with Crippen LogP contribution < -0.4 is 0 Å². The molecule has 0 aliphatic heterocycles. The highest BCUT2D eigenvalue weighted by Crippen LogP contribution is 2.57. The van der Waals surface area contributed by atoms with Gasteiger partial charge in [0.05, 0.1) is 32.5 Å². The first-order chi connectivity index (χ1) is 37.7. The first kappa shape index (κ1) is 82.8. The number of carbonyl (C=O) groups excluding carboxylic acids is 6. The minimum atomic E-state index is -1.79. The van der Waals surface area contributed by atoms with Gasteiger partial charge in [-0.15, -0.1) is 0 Å². The number of rotatable bonds is 29. The van der Waals surface area contributed by atoms with Crippen molar-refractivity contribution in [3.8, 4) is 0 Å². The maximum atomic E-state index is 16.4. The van der Waals surface area contributed by atoms with E-state index < -0.39 is 134 Å². The number of ether oxygens (including phenoxy) is 6. The molecule has 0 aromatic carbocycles. The average molecular weight is 1220 g/mol. The maximum absolute atomic E-state index is 16.4. The third-order valence-corrected chi connectivity index (χ3v) is 23.2. The van der Waals surface area contributed by atoms with Gasteiger partial charge in [-0.1, -0.05) is 173 Å². The van der Waals surface area contributed by atoms with Crippen LogP contribution in [0.25, 0.3) is 0 Å². The van der Waals surface area contributed by atoms with Crippen molar-refractivity contribution in [3.63, 3.8) is 0 Å². The van der Waals surface area contributed by atoms with Gasteiger partial charge in [0.2, 0.25) is 0 Å². The van der Waals surface area contributed by atoms with E-state index in [-0.39, 0.29) is 38.5 Å². The van der Waals surface area contributed by atoms with E-state index in [1.165, 1.54) is 0 Å². The second-order valence-electron chi connectivity index (χ2n) is 36.3. The molecular weight excluding hydrogens is 1080 g/mol. The zero-order chi connectivity index (χ0) is 69.2. The summed E-state index contributed by atoms with van der Waals surface area (Å²) in [6.45, 7) is 74.0. The van der Waals surface area contributed by atoms with Gasteiger partial charge in [-0.2, -0.15) is 0 Å². The van der Waals surface area contributed by atoms with Crippen molar-refractivity contribution in [3.05, 3.63) is 0 Å². The van der Waals surface area contributed by atoms with Crippen LogP contribution >= 0.6 is 0 Å². The van der Waals surface area contributed by atoms with Gasteiger partial charge in [0.15, 0.2) is 0 Å². The molecule has 12 nitrogen and oxygen atoms in total. The standard InChI is InChI=1S/C74H138O12/c1-39-64(28,52(76)82-70(34,41-3)58(11,12)13)47-66(30,54(78)84-72(36,43-5)60(17,18)19)49-68(32,56(80)86-74(38,45-7)62(23,24)25)50-67(31,55(79)85-73(37,44-6)61(20,21)22)48-65(29,53(77)83-71(35,42-4)59(14,15)16)46-63(26,27)51(75)81-69(33,40-2)57(8,9)10/h39-50H2,1-38H3. The smallest absolute Gasteiger partial charge is 0.312 e. The highest BCUT2D eigenvalue weighted by Gasteiger charge is 2.61. The molecule has 0 saturated carbocycles. The second kappa shape index (κ2) is 27.0. The van der Waals surface area contributed by atoms with Gasteiger partial charge in [0, 0.05) is 32.5 Å². The van der Waals surface area contributed by atoms with Crippen LogP contribution in [0.15, 0.2) is 0 Å². The molecule has 0 aliphatic carbocycles. The van der Waals surface area contributed by atoms with Crippen LogP contribution in [-0.4, -0.2) is 69.4 Å². The third-order valence-electron chi connectivity index (χ3n) is 23.2. The monoisotopic (exact) mass is 1220 g/mol. The molecule has 0 aromatic heterocycles. The van der Waals surface area contributed by atoms with Crippen LogP contribution in [0.5, 0.6) is 0 Å². The molecule has 0 heterocycles. The zero-order valence-corrected chi connectivity index (χ0v) is 63.4. The lowest BCUT2D eigenvalue weighted by atomic mass is 9.58. The molecule has 0 spiro atoms. The summed E-state index contributed by atoms with van der Waals surface area (Å²) in [5.74, 6) is -3.60. The Morgan fingerprint density at radius 3 is 0.488 bits per heavy atom. The molecule has 0 N–H and O–H groups in total. The van der Waals surface area contributed by atoms with Gasteiger partial charge in [0.1, 0.15) is 33.6 Å². The molecule has 0 radical (unpaired) electrons. The number of carbonyl (C=O) groups is 6. The molecular formula is C74H138O12. The molecule has 11 unspecified atom stereocenters. The predicted octanol–water partition coefficient (Wildman–Crippen LogP) is 20.0. The molecule has 506 valence electrons. The fourth-order valence-corrected chi connectivity index (χ4v) is 12.2. The Bertz CT molecular complexity index is 2340. The quantitative estimate of drug-likeness (QED) is 0.0516. The molecule has 0 amide bonds. The lowest BCUT2D eigenvalue weighted by Crippen LogP contribution is -2.55. The van der Waals surface area contributed by atoms with Gasteiger partial charge in [-0.05, 0) is 167 Å². The number of hydrogen-bond acceptors (Lipinski definition) is 12. The summed E-state index contributed by atoms with van der Waals surface area (Å²) in [7, 11) is 0. The summed E-state index contributed by atoms with van der Waals surface area (Å²) < 4.78 is 40.7. The summed E-state index contributed by atoms with van der Waals surface area (Å²) in [5.41, 5.74) is -18.7. The minimum Gasteiger partial charge on any atom is -0.458 e. The first-order valence-corrected chi connectivity index (χ1v) is 33.1. The van der Waals surface area contributed by atoms with Crippen LogP contribution in [0.2, 0.25) is 0 Å². The predicted molar refractivity (Wildman–Crippen MR) is 353 cm³/mol. The number of esters is 6. The Balaban J connectivity index is 9.88. The van der Waals surface area contributed by atoms with Crippen molar-refractivity contribution in [2.45, 2.75) is 374 Å². The lowest BCUT2D eigenvalue weighted by Gasteiger charge is -2.50. The van der Waals surface area contributed by atoms with E-state index >= 15 is 28.8 Å². The molecule has 0 aromatic rings. The minimum absolute atomic E-state index is 0.109. The van der Waals surface area contributed by atoms with Crippen LogP contribution in [0.4, 0.5) is 0 Å². The largest absolute Gasteiger partial charge is 0.458 e. The van der Waals surface area contributed by atoms with Gasteiger partial charge >= 0.3 is 35.8 Å². The summed E-state index contributed by atoms with van der Waals surface area (Å²) >= 11 is 0. The van der Waals surface area contributed by atoms with Crippen molar-refractivity contribution in [1.29, 1.82) is 0 Å². The number of hydrogen-bond donors (Lipinski definition) is 0. The summed E-state index contributed by atoms with van der Waals surface area (Å²) in [6, 6.07) is 0. The van der Waals surface area contributed by atoms with E-state index in [4.69, 9.17) is 28.4 Å². The fourth-order valence-electron chi connectivity index (χ4n) is 12.2. The van der Waals surface area contributed by atoms with Crippen molar-refractivity contribution in [2.24, 2.45) is 65.0 Å².